The first-order chi connectivity index (χ1) is 11.5. The van der Waals surface area contributed by atoms with Crippen LogP contribution in [0.1, 0.15) is 36.8 Å². The molecular weight excluding hydrogens is 324 g/mol. The molecule has 1 fully saturated rings. The molecule has 2 amide bonds. The fourth-order valence-electron chi connectivity index (χ4n) is 3.02. The van der Waals surface area contributed by atoms with Gasteiger partial charge in [-0.05, 0) is 24.8 Å². The number of hydrogen-bond acceptors (Lipinski definition) is 4. The van der Waals surface area contributed by atoms with Crippen LogP contribution in [-0.2, 0) is 17.4 Å². The van der Waals surface area contributed by atoms with Crippen LogP contribution in [0, 0.1) is 0 Å². The molecule has 0 spiro atoms. The first-order valence-electron chi connectivity index (χ1n) is 8.24. The number of thiophene rings is 1. The summed E-state index contributed by atoms with van der Waals surface area (Å²) in [7, 11) is 1.88. The number of nitrogens with zero attached hydrogens (tertiary/aromatic N) is 3. The first-order valence-corrected chi connectivity index (χ1v) is 9.12. The van der Waals surface area contributed by atoms with Crippen molar-refractivity contribution >= 4 is 17.4 Å². The molecular formula is C17H24N4O2S. The van der Waals surface area contributed by atoms with Gasteiger partial charge in [-0.1, -0.05) is 13.0 Å². The number of carbonyl (C=O) groups excluding carboxylic acids is 1. The van der Waals surface area contributed by atoms with E-state index in [1.165, 1.54) is 4.88 Å². The molecule has 6 nitrogen and oxygen atoms in total. The van der Waals surface area contributed by atoms with Gasteiger partial charge >= 0.3 is 6.03 Å². The lowest BCUT2D eigenvalue weighted by Crippen LogP contribution is -2.53. The normalized spacial score (nSPS) is 22.4. The van der Waals surface area contributed by atoms with E-state index in [2.05, 4.69) is 23.4 Å². The molecule has 3 heterocycles. The van der Waals surface area contributed by atoms with Crippen molar-refractivity contribution in [2.75, 3.05) is 19.7 Å². The molecule has 1 saturated heterocycles. The van der Waals surface area contributed by atoms with Gasteiger partial charge in [0.2, 0.25) is 0 Å². The summed E-state index contributed by atoms with van der Waals surface area (Å²) in [5.41, 5.74) is 0.474. The third-order valence-corrected chi connectivity index (χ3v) is 5.46. The Morgan fingerprint density at radius 2 is 2.42 bits per heavy atom. The molecule has 3 rings (SSSR count). The molecule has 1 aliphatic heterocycles. The summed E-state index contributed by atoms with van der Waals surface area (Å²) in [6.07, 6.45) is 4.63. The molecule has 0 aromatic carbocycles. The summed E-state index contributed by atoms with van der Waals surface area (Å²) in [4.78, 5) is 15.8. The summed E-state index contributed by atoms with van der Waals surface area (Å²) >= 11 is 1.67. The zero-order chi connectivity index (χ0) is 17.2. The molecule has 130 valence electrons. The van der Waals surface area contributed by atoms with E-state index in [4.69, 9.17) is 4.74 Å². The predicted molar refractivity (Wildman–Crippen MR) is 94.0 cm³/mol. The van der Waals surface area contributed by atoms with Crippen molar-refractivity contribution < 1.29 is 9.53 Å². The second-order valence-electron chi connectivity index (χ2n) is 6.33. The summed E-state index contributed by atoms with van der Waals surface area (Å²) in [5, 5.41) is 9.42. The van der Waals surface area contributed by atoms with Gasteiger partial charge in [0.25, 0.3) is 0 Å². The number of amides is 2. The molecule has 2 aromatic rings. The number of ether oxygens (including phenoxy) is 1. The first kappa shape index (κ1) is 17.0. The van der Waals surface area contributed by atoms with Crippen LogP contribution in [0.4, 0.5) is 4.79 Å². The molecule has 7 heteroatoms. The Morgan fingerprint density at radius 3 is 3.04 bits per heavy atom. The third kappa shape index (κ3) is 3.47. The summed E-state index contributed by atoms with van der Waals surface area (Å²) < 4.78 is 7.73. The quantitative estimate of drug-likeness (QED) is 0.924. The van der Waals surface area contributed by atoms with Crippen LogP contribution < -0.4 is 5.32 Å². The Morgan fingerprint density at radius 1 is 1.58 bits per heavy atom. The van der Waals surface area contributed by atoms with E-state index in [0.29, 0.717) is 19.7 Å². The van der Waals surface area contributed by atoms with E-state index >= 15 is 0 Å². The number of aryl methyl sites for hydroxylation is 1. The molecule has 2 atom stereocenters. The van der Waals surface area contributed by atoms with Gasteiger partial charge in [-0.3, -0.25) is 4.68 Å². The number of aromatic nitrogens is 2. The van der Waals surface area contributed by atoms with E-state index in [-0.39, 0.29) is 12.1 Å². The average molecular weight is 348 g/mol. The van der Waals surface area contributed by atoms with E-state index < -0.39 is 5.60 Å². The number of carbonyl (C=O) groups is 1. The van der Waals surface area contributed by atoms with Crippen molar-refractivity contribution in [3.8, 4) is 0 Å². The lowest BCUT2D eigenvalue weighted by Gasteiger charge is -2.40. The largest absolute Gasteiger partial charge is 0.367 e. The second-order valence-corrected chi connectivity index (χ2v) is 7.31. The molecule has 24 heavy (non-hydrogen) atoms. The molecule has 0 unspecified atom stereocenters. The van der Waals surface area contributed by atoms with Gasteiger partial charge in [0.05, 0.1) is 25.4 Å². The number of rotatable bonds is 4. The Labute approximate surface area is 146 Å². The average Bonchev–Trinajstić information content (AvgIpc) is 3.24. The van der Waals surface area contributed by atoms with E-state index in [1.807, 2.05) is 42.7 Å². The van der Waals surface area contributed by atoms with Gasteiger partial charge in [-0.25, -0.2) is 4.79 Å². The van der Waals surface area contributed by atoms with E-state index in [9.17, 15) is 4.79 Å². The summed E-state index contributed by atoms with van der Waals surface area (Å²) in [6.45, 7) is 5.74. The highest BCUT2D eigenvalue weighted by atomic mass is 32.1. The Balaban J connectivity index is 1.69. The van der Waals surface area contributed by atoms with Crippen molar-refractivity contribution in [3.63, 3.8) is 0 Å². The van der Waals surface area contributed by atoms with Crippen LogP contribution in [0.15, 0.2) is 29.9 Å². The highest BCUT2D eigenvalue weighted by Crippen LogP contribution is 2.29. The predicted octanol–water partition coefficient (Wildman–Crippen LogP) is 2.89. The van der Waals surface area contributed by atoms with Crippen molar-refractivity contribution in [3.05, 3.63) is 40.3 Å². The molecule has 0 saturated carbocycles. The van der Waals surface area contributed by atoms with Gasteiger partial charge in [0.1, 0.15) is 5.60 Å². The minimum atomic E-state index is -0.519. The van der Waals surface area contributed by atoms with Gasteiger partial charge in [0.15, 0.2) is 0 Å². The van der Waals surface area contributed by atoms with Gasteiger partial charge in [0, 0.05) is 30.2 Å². The zero-order valence-electron chi connectivity index (χ0n) is 14.4. The third-order valence-electron chi connectivity index (χ3n) is 4.47. The molecule has 1 aliphatic rings. The monoisotopic (exact) mass is 348 g/mol. The minimum Gasteiger partial charge on any atom is -0.367 e. The van der Waals surface area contributed by atoms with Crippen molar-refractivity contribution in [1.29, 1.82) is 0 Å². The lowest BCUT2D eigenvalue weighted by atomic mass is 9.97. The fraction of sp³-hybridized carbons (Fsp3) is 0.529. The number of morpholine rings is 1. The SMILES string of the molecule is CC[C@@H](NC(=O)N1CCO[C@@](C)(c2cnn(C)c2)C1)c1cccs1. The maximum atomic E-state index is 12.7. The molecule has 1 N–H and O–H groups in total. The number of hydrogen-bond donors (Lipinski definition) is 1. The van der Waals surface area contributed by atoms with Gasteiger partial charge in [-0.15, -0.1) is 11.3 Å². The van der Waals surface area contributed by atoms with Crippen molar-refractivity contribution in [2.24, 2.45) is 7.05 Å². The standard InChI is InChI=1S/C17H24N4O2S/c1-4-14(15-6-5-9-24-15)19-16(22)21-7-8-23-17(2,12-21)13-10-18-20(3)11-13/h5-6,9-11,14H,4,7-8,12H2,1-3H3,(H,19,22)/t14-,17-/m1/s1. The van der Waals surface area contributed by atoms with Crippen molar-refractivity contribution in [2.45, 2.75) is 31.9 Å². The van der Waals surface area contributed by atoms with Gasteiger partial charge in [-0.2, -0.15) is 5.10 Å². The summed E-state index contributed by atoms with van der Waals surface area (Å²) in [5.74, 6) is 0. The van der Waals surface area contributed by atoms with E-state index in [1.54, 1.807) is 16.0 Å². The number of nitrogens with one attached hydrogen (secondary N) is 1. The highest BCUT2D eigenvalue weighted by Gasteiger charge is 2.37. The summed E-state index contributed by atoms with van der Waals surface area (Å²) in [6, 6.07) is 4.11. The second kappa shape index (κ2) is 6.94. The molecule has 2 aromatic heterocycles. The maximum Gasteiger partial charge on any atom is 0.318 e. The molecule has 0 radical (unpaired) electrons. The van der Waals surface area contributed by atoms with Crippen LogP contribution in [0.25, 0.3) is 0 Å². The Hall–Kier alpha value is -1.86. The Kier molecular flexibility index (Phi) is 4.91. The van der Waals surface area contributed by atoms with Crippen LogP contribution in [-0.4, -0.2) is 40.4 Å². The minimum absolute atomic E-state index is 0.0336. The van der Waals surface area contributed by atoms with Crippen molar-refractivity contribution in [1.82, 2.24) is 20.0 Å². The highest BCUT2D eigenvalue weighted by molar-refractivity contribution is 7.10. The maximum absolute atomic E-state index is 12.7. The fourth-order valence-corrected chi connectivity index (χ4v) is 3.88. The van der Waals surface area contributed by atoms with Crippen LogP contribution in [0.2, 0.25) is 0 Å². The molecule has 0 aliphatic carbocycles. The van der Waals surface area contributed by atoms with E-state index in [0.717, 1.165) is 12.0 Å². The topological polar surface area (TPSA) is 59.4 Å². The number of urea groups is 1. The van der Waals surface area contributed by atoms with Crippen LogP contribution >= 0.6 is 11.3 Å². The lowest BCUT2D eigenvalue weighted by molar-refractivity contribution is -0.0908. The smallest absolute Gasteiger partial charge is 0.318 e. The molecule has 0 bridgehead atoms. The zero-order valence-corrected chi connectivity index (χ0v) is 15.2. The Bertz CT molecular complexity index is 685. The van der Waals surface area contributed by atoms with Gasteiger partial charge < -0.3 is 15.0 Å². The van der Waals surface area contributed by atoms with Crippen LogP contribution in [0.3, 0.4) is 0 Å². The van der Waals surface area contributed by atoms with Crippen LogP contribution in [0.5, 0.6) is 0 Å².